The van der Waals surface area contributed by atoms with Crippen LogP contribution < -0.4 is 16.4 Å². The highest BCUT2D eigenvalue weighted by Gasteiger charge is 2.08. The van der Waals surface area contributed by atoms with E-state index in [9.17, 15) is 4.79 Å². The van der Waals surface area contributed by atoms with Crippen molar-refractivity contribution in [3.05, 3.63) is 41.6 Å². The normalized spacial score (nSPS) is 10.3. The maximum atomic E-state index is 11.8. The average molecular weight is 274 g/mol. The topological polar surface area (TPSA) is 93.2 Å². The van der Waals surface area contributed by atoms with Crippen LogP contribution in [0, 0.1) is 6.92 Å². The molecule has 20 heavy (non-hydrogen) atoms. The first-order chi connectivity index (χ1) is 9.60. The van der Waals surface area contributed by atoms with Gasteiger partial charge in [-0.1, -0.05) is 0 Å². The van der Waals surface area contributed by atoms with Gasteiger partial charge in [0.05, 0.1) is 24.1 Å². The number of amides is 1. The second-order valence-corrected chi connectivity index (χ2v) is 4.38. The van der Waals surface area contributed by atoms with E-state index >= 15 is 0 Å². The first kappa shape index (κ1) is 13.9. The van der Waals surface area contributed by atoms with Crippen LogP contribution in [0.5, 0.6) is 0 Å². The van der Waals surface area contributed by atoms with Crippen molar-refractivity contribution in [3.8, 4) is 0 Å². The molecular formula is C14H18N4O2. The van der Waals surface area contributed by atoms with Crippen LogP contribution >= 0.6 is 0 Å². The predicted octanol–water partition coefficient (Wildman–Crippen LogP) is 1.93. The minimum atomic E-state index is -0.123. The molecule has 0 saturated carbocycles. The van der Waals surface area contributed by atoms with E-state index in [2.05, 4.69) is 15.6 Å². The summed E-state index contributed by atoms with van der Waals surface area (Å²) in [7, 11) is 0. The molecular weight excluding hydrogens is 256 g/mol. The van der Waals surface area contributed by atoms with Gasteiger partial charge in [-0.3, -0.25) is 4.79 Å². The van der Waals surface area contributed by atoms with E-state index in [1.807, 2.05) is 13.8 Å². The second kappa shape index (κ2) is 6.10. The Morgan fingerprint density at radius 2 is 2.25 bits per heavy atom. The van der Waals surface area contributed by atoms with Crippen molar-refractivity contribution in [2.75, 3.05) is 17.6 Å². The molecule has 1 heterocycles. The van der Waals surface area contributed by atoms with Gasteiger partial charge in [0, 0.05) is 12.1 Å². The van der Waals surface area contributed by atoms with Gasteiger partial charge in [-0.05, 0) is 32.0 Å². The van der Waals surface area contributed by atoms with E-state index < -0.39 is 0 Å². The second-order valence-electron chi connectivity index (χ2n) is 4.38. The number of aromatic nitrogens is 1. The molecule has 0 radical (unpaired) electrons. The molecule has 4 N–H and O–H groups in total. The summed E-state index contributed by atoms with van der Waals surface area (Å²) in [6.45, 7) is 4.71. The average Bonchev–Trinajstić information content (AvgIpc) is 2.84. The molecule has 0 atom stereocenters. The zero-order valence-corrected chi connectivity index (χ0v) is 11.6. The summed E-state index contributed by atoms with van der Waals surface area (Å²) in [5.41, 5.74) is 7.71. The number of nitrogens with two attached hydrogens (primary N) is 1. The van der Waals surface area contributed by atoms with Crippen LogP contribution in [0.3, 0.4) is 0 Å². The number of hydrogen-bond acceptors (Lipinski definition) is 5. The number of nitrogens with zero attached hydrogens (tertiary/aromatic N) is 1. The van der Waals surface area contributed by atoms with Crippen LogP contribution in [0.4, 0.5) is 11.4 Å². The molecule has 1 aromatic heterocycles. The number of carbonyl (C=O) groups is 1. The van der Waals surface area contributed by atoms with E-state index in [0.717, 1.165) is 5.76 Å². The fourth-order valence-electron chi connectivity index (χ4n) is 1.77. The van der Waals surface area contributed by atoms with Gasteiger partial charge >= 0.3 is 0 Å². The van der Waals surface area contributed by atoms with E-state index in [4.69, 9.17) is 10.2 Å². The lowest BCUT2D eigenvalue weighted by molar-refractivity contribution is 0.0956. The van der Waals surface area contributed by atoms with Gasteiger partial charge in [-0.2, -0.15) is 0 Å². The quantitative estimate of drug-likeness (QED) is 0.724. The fraction of sp³-hybridized carbons (Fsp3) is 0.286. The lowest BCUT2D eigenvalue weighted by atomic mass is 10.1. The molecule has 0 bridgehead atoms. The van der Waals surface area contributed by atoms with Gasteiger partial charge in [0.2, 0.25) is 5.89 Å². The van der Waals surface area contributed by atoms with Crippen LogP contribution in [0.25, 0.3) is 0 Å². The third-order valence-electron chi connectivity index (χ3n) is 2.75. The van der Waals surface area contributed by atoms with Crippen molar-refractivity contribution >= 4 is 17.3 Å². The molecule has 6 heteroatoms. The highest BCUT2D eigenvalue weighted by Crippen LogP contribution is 2.21. The number of benzene rings is 1. The van der Waals surface area contributed by atoms with Crippen LogP contribution in [0.2, 0.25) is 0 Å². The van der Waals surface area contributed by atoms with Crippen LogP contribution in [-0.4, -0.2) is 17.4 Å². The smallest absolute Gasteiger partial charge is 0.251 e. The molecule has 0 unspecified atom stereocenters. The summed E-state index contributed by atoms with van der Waals surface area (Å²) in [5.74, 6) is 1.21. The molecule has 0 saturated heterocycles. The number of rotatable bonds is 5. The van der Waals surface area contributed by atoms with Gasteiger partial charge in [-0.15, -0.1) is 0 Å². The highest BCUT2D eigenvalue weighted by atomic mass is 16.4. The number of nitrogens with one attached hydrogen (secondary N) is 2. The van der Waals surface area contributed by atoms with Gasteiger partial charge in [-0.25, -0.2) is 4.98 Å². The summed E-state index contributed by atoms with van der Waals surface area (Å²) in [6, 6.07) is 5.12. The van der Waals surface area contributed by atoms with Gasteiger partial charge in [0.25, 0.3) is 5.91 Å². The summed E-state index contributed by atoms with van der Waals surface area (Å²) in [5, 5.41) is 5.87. The Morgan fingerprint density at radius 3 is 2.90 bits per heavy atom. The molecule has 106 valence electrons. The molecule has 0 aliphatic heterocycles. The van der Waals surface area contributed by atoms with Crippen molar-refractivity contribution < 1.29 is 9.21 Å². The number of hydrogen-bond donors (Lipinski definition) is 3. The molecule has 2 aromatic rings. The maximum Gasteiger partial charge on any atom is 0.251 e. The van der Waals surface area contributed by atoms with Crippen molar-refractivity contribution in [1.29, 1.82) is 0 Å². The van der Waals surface area contributed by atoms with Crippen LogP contribution in [0.1, 0.15) is 28.9 Å². The van der Waals surface area contributed by atoms with Gasteiger partial charge < -0.3 is 20.8 Å². The molecule has 0 spiro atoms. The summed E-state index contributed by atoms with van der Waals surface area (Å²) in [4.78, 5) is 15.9. The lowest BCUT2D eigenvalue weighted by Gasteiger charge is -2.10. The van der Waals surface area contributed by atoms with Crippen LogP contribution in [0.15, 0.2) is 28.8 Å². The van der Waals surface area contributed by atoms with E-state index in [1.165, 1.54) is 0 Å². The Bertz CT molecular complexity index is 607. The van der Waals surface area contributed by atoms with Crippen molar-refractivity contribution in [3.63, 3.8) is 0 Å². The molecule has 0 fully saturated rings. The number of aryl methyl sites for hydroxylation is 1. The third kappa shape index (κ3) is 3.28. The standard InChI is InChI=1S/C14H18N4O2/c1-3-16-14(19)10-4-5-11(15)12(6-10)17-8-13-18-7-9(2)20-13/h4-7,17H,3,8,15H2,1-2H3,(H,16,19). The van der Waals surface area contributed by atoms with Crippen molar-refractivity contribution in [2.45, 2.75) is 20.4 Å². The van der Waals surface area contributed by atoms with E-state index in [-0.39, 0.29) is 5.91 Å². The van der Waals surface area contributed by atoms with Crippen LogP contribution in [-0.2, 0) is 6.54 Å². The zero-order chi connectivity index (χ0) is 14.5. The summed E-state index contributed by atoms with van der Waals surface area (Å²) >= 11 is 0. The Balaban J connectivity index is 2.10. The molecule has 6 nitrogen and oxygen atoms in total. The molecule has 0 aliphatic rings. The number of nitrogen functional groups attached to an aromatic ring is 1. The fourth-order valence-corrected chi connectivity index (χ4v) is 1.77. The molecule has 0 aliphatic carbocycles. The molecule has 1 amide bonds. The number of carbonyl (C=O) groups excluding carboxylic acids is 1. The zero-order valence-electron chi connectivity index (χ0n) is 11.6. The predicted molar refractivity (Wildman–Crippen MR) is 77.4 cm³/mol. The van der Waals surface area contributed by atoms with E-state index in [1.54, 1.807) is 24.4 Å². The molecule has 1 aromatic carbocycles. The maximum absolute atomic E-state index is 11.8. The third-order valence-corrected chi connectivity index (χ3v) is 2.75. The SMILES string of the molecule is CCNC(=O)c1ccc(N)c(NCc2ncc(C)o2)c1. The van der Waals surface area contributed by atoms with E-state index in [0.29, 0.717) is 35.9 Å². The Hall–Kier alpha value is -2.50. The van der Waals surface area contributed by atoms with Crippen molar-refractivity contribution in [1.82, 2.24) is 10.3 Å². The summed E-state index contributed by atoms with van der Waals surface area (Å²) in [6.07, 6.45) is 1.66. The Morgan fingerprint density at radius 1 is 1.45 bits per heavy atom. The molecule has 2 rings (SSSR count). The minimum Gasteiger partial charge on any atom is -0.444 e. The monoisotopic (exact) mass is 274 g/mol. The Labute approximate surface area is 117 Å². The number of anilines is 2. The lowest BCUT2D eigenvalue weighted by Crippen LogP contribution is -2.22. The van der Waals surface area contributed by atoms with Gasteiger partial charge in [0.15, 0.2) is 0 Å². The summed E-state index contributed by atoms with van der Waals surface area (Å²) < 4.78 is 5.37. The van der Waals surface area contributed by atoms with Gasteiger partial charge in [0.1, 0.15) is 5.76 Å². The van der Waals surface area contributed by atoms with Crippen molar-refractivity contribution in [2.24, 2.45) is 0 Å². The number of oxazole rings is 1. The highest BCUT2D eigenvalue weighted by molar-refractivity contribution is 5.96. The first-order valence-electron chi connectivity index (χ1n) is 6.43. The minimum absolute atomic E-state index is 0.123. The largest absolute Gasteiger partial charge is 0.444 e. The Kier molecular flexibility index (Phi) is 4.24. The first-order valence-corrected chi connectivity index (χ1v) is 6.43.